The molecule has 1 atom stereocenters. The molecule has 0 aliphatic rings. The summed E-state index contributed by atoms with van der Waals surface area (Å²) in [5.41, 5.74) is 1.22. The number of hydrogen-bond acceptors (Lipinski definition) is 4. The van der Waals surface area contributed by atoms with Crippen molar-refractivity contribution in [2.24, 2.45) is 0 Å². The van der Waals surface area contributed by atoms with Crippen molar-refractivity contribution in [2.75, 3.05) is 17.8 Å². The van der Waals surface area contributed by atoms with E-state index >= 15 is 0 Å². The van der Waals surface area contributed by atoms with Crippen LogP contribution < -0.4 is 0 Å². The first-order chi connectivity index (χ1) is 8.37. The summed E-state index contributed by atoms with van der Waals surface area (Å²) in [6, 6.07) is 8.14. The Balaban J connectivity index is 2.24. The molecule has 0 heterocycles. The van der Waals surface area contributed by atoms with Crippen molar-refractivity contribution in [1.29, 1.82) is 0 Å². The maximum atomic E-state index is 10.9. The van der Waals surface area contributed by atoms with Crippen LogP contribution in [0, 0.1) is 6.92 Å². The fourth-order valence-electron chi connectivity index (χ4n) is 1.49. The summed E-state index contributed by atoms with van der Waals surface area (Å²) in [7, 11) is -2.91. The topological polar surface area (TPSA) is 54.4 Å². The quantitative estimate of drug-likeness (QED) is 0.782. The standard InChI is InChI=1S/C13H20O3S2/c1-11-5-7-13(8-6-11)17-10-12(14)4-3-9-18(2,15)16/h5-8,12,14H,3-4,9-10H2,1-2H3. The van der Waals surface area contributed by atoms with Gasteiger partial charge in [0.2, 0.25) is 0 Å². The zero-order valence-electron chi connectivity index (χ0n) is 10.8. The molecule has 0 amide bonds. The summed E-state index contributed by atoms with van der Waals surface area (Å²) in [6.07, 6.45) is 1.83. The molecule has 1 N–H and O–H groups in total. The summed E-state index contributed by atoms with van der Waals surface area (Å²) in [5, 5.41) is 9.75. The second-order valence-corrected chi connectivity index (χ2v) is 7.90. The zero-order valence-corrected chi connectivity index (χ0v) is 12.4. The normalized spacial score (nSPS) is 13.5. The first kappa shape index (κ1) is 15.5. The number of hydrogen-bond donors (Lipinski definition) is 1. The maximum absolute atomic E-state index is 10.9. The Morgan fingerprint density at radius 2 is 1.89 bits per heavy atom. The minimum atomic E-state index is -2.91. The second-order valence-electron chi connectivity index (χ2n) is 4.55. The van der Waals surface area contributed by atoms with Crippen LogP contribution in [0.3, 0.4) is 0 Å². The van der Waals surface area contributed by atoms with E-state index in [9.17, 15) is 13.5 Å². The molecule has 1 aromatic rings. The predicted molar refractivity (Wildman–Crippen MR) is 76.9 cm³/mol. The number of rotatable bonds is 7. The summed E-state index contributed by atoms with van der Waals surface area (Å²) >= 11 is 1.60. The van der Waals surface area contributed by atoms with Gasteiger partial charge in [0.15, 0.2) is 0 Å². The molecule has 0 aliphatic carbocycles. The third-order valence-corrected chi connectivity index (χ3v) is 4.70. The number of aryl methyl sites for hydroxylation is 1. The fourth-order valence-corrected chi connectivity index (χ4v) is 3.06. The van der Waals surface area contributed by atoms with E-state index in [1.807, 2.05) is 31.2 Å². The van der Waals surface area contributed by atoms with Gasteiger partial charge in [-0.2, -0.15) is 0 Å². The summed E-state index contributed by atoms with van der Waals surface area (Å²) in [6.45, 7) is 2.04. The van der Waals surface area contributed by atoms with Gasteiger partial charge in [0.05, 0.1) is 6.10 Å². The molecule has 0 spiro atoms. The Kier molecular flexibility index (Phi) is 6.18. The highest BCUT2D eigenvalue weighted by atomic mass is 32.2. The van der Waals surface area contributed by atoms with Crippen molar-refractivity contribution in [3.63, 3.8) is 0 Å². The largest absolute Gasteiger partial charge is 0.392 e. The van der Waals surface area contributed by atoms with Crippen molar-refractivity contribution in [2.45, 2.75) is 30.8 Å². The van der Waals surface area contributed by atoms with E-state index in [-0.39, 0.29) is 5.75 Å². The Hall–Kier alpha value is -0.520. The van der Waals surface area contributed by atoms with Crippen molar-refractivity contribution in [3.8, 4) is 0 Å². The molecule has 1 aromatic carbocycles. The van der Waals surface area contributed by atoms with E-state index in [2.05, 4.69) is 0 Å². The molecule has 1 unspecified atom stereocenters. The van der Waals surface area contributed by atoms with Crippen LogP contribution in [0.5, 0.6) is 0 Å². The average Bonchev–Trinajstić information content (AvgIpc) is 2.26. The molecule has 0 saturated carbocycles. The molecule has 18 heavy (non-hydrogen) atoms. The molecule has 0 radical (unpaired) electrons. The first-order valence-electron chi connectivity index (χ1n) is 5.92. The third-order valence-electron chi connectivity index (χ3n) is 2.52. The van der Waals surface area contributed by atoms with Crippen LogP contribution in [0.15, 0.2) is 29.2 Å². The van der Waals surface area contributed by atoms with E-state index < -0.39 is 15.9 Å². The Bertz CT molecular complexity index is 452. The molecule has 0 fully saturated rings. The highest BCUT2D eigenvalue weighted by Gasteiger charge is 2.08. The third kappa shape index (κ3) is 7.03. The lowest BCUT2D eigenvalue weighted by Gasteiger charge is -2.09. The van der Waals surface area contributed by atoms with E-state index in [1.165, 1.54) is 11.8 Å². The predicted octanol–water partition coefficient (Wildman–Crippen LogP) is 2.27. The Morgan fingerprint density at radius 3 is 2.44 bits per heavy atom. The number of sulfone groups is 1. The van der Waals surface area contributed by atoms with Gasteiger partial charge >= 0.3 is 0 Å². The smallest absolute Gasteiger partial charge is 0.147 e. The number of aliphatic hydroxyl groups is 1. The van der Waals surface area contributed by atoms with Crippen molar-refractivity contribution >= 4 is 21.6 Å². The summed E-state index contributed by atoms with van der Waals surface area (Å²) < 4.78 is 21.9. The fraction of sp³-hybridized carbons (Fsp3) is 0.538. The Labute approximate surface area is 114 Å². The lowest BCUT2D eigenvalue weighted by atomic mass is 10.2. The van der Waals surface area contributed by atoms with Gasteiger partial charge in [-0.15, -0.1) is 11.8 Å². The van der Waals surface area contributed by atoms with Crippen LogP contribution in [-0.4, -0.2) is 37.4 Å². The molecule has 0 bridgehead atoms. The van der Waals surface area contributed by atoms with Crippen molar-refractivity contribution < 1.29 is 13.5 Å². The van der Waals surface area contributed by atoms with Gasteiger partial charge in [-0.05, 0) is 31.9 Å². The van der Waals surface area contributed by atoms with Crippen LogP contribution in [0.2, 0.25) is 0 Å². The van der Waals surface area contributed by atoms with Crippen LogP contribution in [0.25, 0.3) is 0 Å². The maximum Gasteiger partial charge on any atom is 0.147 e. The van der Waals surface area contributed by atoms with E-state index in [4.69, 9.17) is 0 Å². The van der Waals surface area contributed by atoms with Crippen molar-refractivity contribution in [1.82, 2.24) is 0 Å². The first-order valence-corrected chi connectivity index (χ1v) is 8.97. The zero-order chi connectivity index (χ0) is 13.6. The molecular weight excluding hydrogens is 268 g/mol. The van der Waals surface area contributed by atoms with E-state index in [0.29, 0.717) is 18.6 Å². The number of aliphatic hydroxyl groups excluding tert-OH is 1. The molecule has 0 saturated heterocycles. The average molecular weight is 288 g/mol. The van der Waals surface area contributed by atoms with Crippen LogP contribution >= 0.6 is 11.8 Å². The van der Waals surface area contributed by atoms with Gasteiger partial charge < -0.3 is 5.11 Å². The van der Waals surface area contributed by atoms with Gasteiger partial charge in [0.1, 0.15) is 9.84 Å². The molecule has 3 nitrogen and oxygen atoms in total. The number of thioether (sulfide) groups is 1. The molecule has 5 heteroatoms. The van der Waals surface area contributed by atoms with E-state index in [1.54, 1.807) is 11.8 Å². The summed E-state index contributed by atoms with van der Waals surface area (Å²) in [5.74, 6) is 0.756. The SMILES string of the molecule is Cc1ccc(SCC(O)CCCS(C)(=O)=O)cc1. The van der Waals surface area contributed by atoms with Gasteiger partial charge in [0.25, 0.3) is 0 Å². The molecular formula is C13H20O3S2. The van der Waals surface area contributed by atoms with Crippen LogP contribution in [0.4, 0.5) is 0 Å². The van der Waals surface area contributed by atoms with Gasteiger partial charge in [0, 0.05) is 22.7 Å². The highest BCUT2D eigenvalue weighted by molar-refractivity contribution is 7.99. The Morgan fingerprint density at radius 1 is 1.28 bits per heavy atom. The van der Waals surface area contributed by atoms with Gasteiger partial charge in [-0.3, -0.25) is 0 Å². The van der Waals surface area contributed by atoms with Gasteiger partial charge in [-0.1, -0.05) is 17.7 Å². The molecule has 0 aliphatic heterocycles. The molecule has 0 aromatic heterocycles. The molecule has 1 rings (SSSR count). The minimum Gasteiger partial charge on any atom is -0.392 e. The number of benzene rings is 1. The van der Waals surface area contributed by atoms with Gasteiger partial charge in [-0.25, -0.2) is 8.42 Å². The lowest BCUT2D eigenvalue weighted by molar-refractivity contribution is 0.188. The van der Waals surface area contributed by atoms with Crippen LogP contribution in [0.1, 0.15) is 18.4 Å². The monoisotopic (exact) mass is 288 g/mol. The second kappa shape index (κ2) is 7.16. The highest BCUT2D eigenvalue weighted by Crippen LogP contribution is 2.20. The van der Waals surface area contributed by atoms with E-state index in [0.717, 1.165) is 4.90 Å². The van der Waals surface area contributed by atoms with Crippen LogP contribution in [-0.2, 0) is 9.84 Å². The minimum absolute atomic E-state index is 0.152. The molecule has 102 valence electrons. The lowest BCUT2D eigenvalue weighted by Crippen LogP contribution is -2.12. The summed E-state index contributed by atoms with van der Waals surface area (Å²) in [4.78, 5) is 1.13. The van der Waals surface area contributed by atoms with Crippen molar-refractivity contribution in [3.05, 3.63) is 29.8 Å².